The molecular formula is C16H18N2O2. The van der Waals surface area contributed by atoms with Crippen LogP contribution in [0.3, 0.4) is 0 Å². The van der Waals surface area contributed by atoms with E-state index >= 15 is 0 Å². The largest absolute Gasteiger partial charge is 0.504 e. The quantitative estimate of drug-likeness (QED) is 0.661. The zero-order chi connectivity index (χ0) is 14.5. The fraction of sp³-hybridized carbons (Fsp3) is 0.188. The summed E-state index contributed by atoms with van der Waals surface area (Å²) in [5.41, 5.74) is 9.26. The Hall–Kier alpha value is -2.49. The number of aromatic hydroxyl groups is 1. The van der Waals surface area contributed by atoms with Gasteiger partial charge in [-0.2, -0.15) is 0 Å². The SMILES string of the molecule is COc1cc(CC(C)=Nc2ccc(N)cc2)ccc1O. The molecular weight excluding hydrogens is 252 g/mol. The zero-order valence-corrected chi connectivity index (χ0v) is 11.6. The van der Waals surface area contributed by atoms with E-state index in [-0.39, 0.29) is 5.75 Å². The molecule has 0 aromatic heterocycles. The van der Waals surface area contributed by atoms with Crippen LogP contribution in [0.1, 0.15) is 12.5 Å². The molecule has 20 heavy (non-hydrogen) atoms. The second-order valence-electron chi connectivity index (χ2n) is 4.62. The maximum Gasteiger partial charge on any atom is 0.160 e. The van der Waals surface area contributed by atoms with Crippen molar-refractivity contribution in [2.75, 3.05) is 12.8 Å². The number of nitrogen functional groups attached to an aromatic ring is 1. The van der Waals surface area contributed by atoms with E-state index in [4.69, 9.17) is 10.5 Å². The Morgan fingerprint density at radius 3 is 2.55 bits per heavy atom. The number of anilines is 1. The number of hydrogen-bond donors (Lipinski definition) is 2. The van der Waals surface area contributed by atoms with Gasteiger partial charge in [0.15, 0.2) is 11.5 Å². The van der Waals surface area contributed by atoms with E-state index in [0.29, 0.717) is 12.2 Å². The molecule has 0 fully saturated rings. The monoisotopic (exact) mass is 270 g/mol. The van der Waals surface area contributed by atoms with E-state index in [1.165, 1.54) is 7.11 Å². The lowest BCUT2D eigenvalue weighted by Crippen LogP contribution is -1.98. The molecule has 104 valence electrons. The lowest BCUT2D eigenvalue weighted by Gasteiger charge is -2.07. The number of ether oxygens (including phenoxy) is 1. The number of aliphatic imine (C=N–C) groups is 1. The number of hydrogen-bond acceptors (Lipinski definition) is 4. The van der Waals surface area contributed by atoms with Crippen molar-refractivity contribution in [2.45, 2.75) is 13.3 Å². The minimum absolute atomic E-state index is 0.143. The van der Waals surface area contributed by atoms with Crippen molar-refractivity contribution in [1.29, 1.82) is 0 Å². The van der Waals surface area contributed by atoms with Crippen LogP contribution in [0.4, 0.5) is 11.4 Å². The van der Waals surface area contributed by atoms with E-state index < -0.39 is 0 Å². The summed E-state index contributed by atoms with van der Waals surface area (Å²) in [6.45, 7) is 1.97. The van der Waals surface area contributed by atoms with Crippen LogP contribution in [0.25, 0.3) is 0 Å². The third-order valence-corrected chi connectivity index (χ3v) is 2.92. The number of nitrogens with two attached hydrogens (primary N) is 1. The van der Waals surface area contributed by atoms with E-state index in [9.17, 15) is 5.11 Å². The number of rotatable bonds is 4. The lowest BCUT2D eigenvalue weighted by atomic mass is 10.1. The molecule has 0 unspecified atom stereocenters. The fourth-order valence-electron chi connectivity index (χ4n) is 1.94. The van der Waals surface area contributed by atoms with Crippen molar-refractivity contribution in [3.05, 3.63) is 48.0 Å². The standard InChI is InChI=1S/C16H18N2O2/c1-11(18-14-6-4-13(17)5-7-14)9-12-3-8-15(19)16(10-12)20-2/h3-8,10,19H,9,17H2,1-2H3. The van der Waals surface area contributed by atoms with Gasteiger partial charge in [0.25, 0.3) is 0 Å². The summed E-state index contributed by atoms with van der Waals surface area (Å²) in [7, 11) is 1.54. The van der Waals surface area contributed by atoms with Crippen molar-refractivity contribution in [3.63, 3.8) is 0 Å². The highest BCUT2D eigenvalue weighted by atomic mass is 16.5. The Morgan fingerprint density at radius 1 is 1.20 bits per heavy atom. The average Bonchev–Trinajstić information content (AvgIpc) is 2.43. The summed E-state index contributed by atoms with van der Waals surface area (Å²) in [5.74, 6) is 0.618. The molecule has 0 radical (unpaired) electrons. The van der Waals surface area contributed by atoms with Crippen molar-refractivity contribution < 1.29 is 9.84 Å². The summed E-state index contributed by atoms with van der Waals surface area (Å²) in [5, 5.41) is 9.56. The van der Waals surface area contributed by atoms with Gasteiger partial charge in [-0.1, -0.05) is 6.07 Å². The predicted molar refractivity (Wildman–Crippen MR) is 82.0 cm³/mol. The molecule has 4 heteroatoms. The van der Waals surface area contributed by atoms with Crippen LogP contribution in [-0.2, 0) is 6.42 Å². The Bertz CT molecular complexity index is 619. The van der Waals surface area contributed by atoms with Gasteiger partial charge in [0.2, 0.25) is 0 Å². The molecule has 0 amide bonds. The summed E-state index contributed by atoms with van der Waals surface area (Å²) in [6.07, 6.45) is 0.695. The molecule has 4 nitrogen and oxygen atoms in total. The summed E-state index contributed by atoms with van der Waals surface area (Å²) < 4.78 is 5.09. The van der Waals surface area contributed by atoms with E-state index in [1.54, 1.807) is 6.07 Å². The van der Waals surface area contributed by atoms with Crippen LogP contribution in [0.15, 0.2) is 47.5 Å². The summed E-state index contributed by atoms with van der Waals surface area (Å²) >= 11 is 0. The molecule has 0 aliphatic heterocycles. The van der Waals surface area contributed by atoms with Gasteiger partial charge < -0.3 is 15.6 Å². The van der Waals surface area contributed by atoms with Gasteiger partial charge in [0.1, 0.15) is 0 Å². The normalized spacial score (nSPS) is 11.4. The highest BCUT2D eigenvalue weighted by molar-refractivity contribution is 5.86. The molecule has 0 aliphatic rings. The molecule has 3 N–H and O–H groups in total. The van der Waals surface area contributed by atoms with E-state index in [2.05, 4.69) is 4.99 Å². The molecule has 0 heterocycles. The van der Waals surface area contributed by atoms with Crippen molar-refractivity contribution in [3.8, 4) is 11.5 Å². The van der Waals surface area contributed by atoms with Crippen LogP contribution >= 0.6 is 0 Å². The predicted octanol–water partition coefficient (Wildman–Crippen LogP) is 3.32. The molecule has 0 aliphatic carbocycles. The first-order chi connectivity index (χ1) is 9.58. The lowest BCUT2D eigenvalue weighted by molar-refractivity contribution is 0.373. The van der Waals surface area contributed by atoms with Gasteiger partial charge in [-0.3, -0.25) is 4.99 Å². The minimum Gasteiger partial charge on any atom is -0.504 e. The maximum absolute atomic E-state index is 9.56. The first kappa shape index (κ1) is 13.9. The van der Waals surface area contributed by atoms with E-state index in [1.807, 2.05) is 43.3 Å². The molecule has 0 saturated heterocycles. The van der Waals surface area contributed by atoms with Gasteiger partial charge in [0.05, 0.1) is 12.8 Å². The average molecular weight is 270 g/mol. The number of nitrogens with zero attached hydrogens (tertiary/aromatic N) is 1. The highest BCUT2D eigenvalue weighted by Gasteiger charge is 2.04. The van der Waals surface area contributed by atoms with Crippen LogP contribution in [0, 0.1) is 0 Å². The second-order valence-corrected chi connectivity index (χ2v) is 4.62. The van der Waals surface area contributed by atoms with Crippen LogP contribution in [0.5, 0.6) is 11.5 Å². The Kier molecular flexibility index (Phi) is 4.25. The molecule has 2 rings (SSSR count). The van der Waals surface area contributed by atoms with Gasteiger partial charge in [-0.15, -0.1) is 0 Å². The smallest absolute Gasteiger partial charge is 0.160 e. The third-order valence-electron chi connectivity index (χ3n) is 2.92. The topological polar surface area (TPSA) is 67.8 Å². The van der Waals surface area contributed by atoms with Crippen molar-refractivity contribution in [1.82, 2.24) is 0 Å². The Morgan fingerprint density at radius 2 is 1.90 bits per heavy atom. The van der Waals surface area contributed by atoms with Crippen molar-refractivity contribution >= 4 is 17.1 Å². The number of methoxy groups -OCH3 is 1. The van der Waals surface area contributed by atoms with Gasteiger partial charge >= 0.3 is 0 Å². The summed E-state index contributed by atoms with van der Waals surface area (Å²) in [6, 6.07) is 12.7. The molecule has 0 atom stereocenters. The second kappa shape index (κ2) is 6.10. The number of benzene rings is 2. The molecule has 2 aromatic rings. The first-order valence-corrected chi connectivity index (χ1v) is 6.34. The molecule has 0 bridgehead atoms. The van der Waals surface area contributed by atoms with Crippen LogP contribution in [-0.4, -0.2) is 17.9 Å². The third kappa shape index (κ3) is 3.51. The highest BCUT2D eigenvalue weighted by Crippen LogP contribution is 2.26. The van der Waals surface area contributed by atoms with Gasteiger partial charge in [0, 0.05) is 17.8 Å². The van der Waals surface area contributed by atoms with Crippen molar-refractivity contribution in [2.24, 2.45) is 4.99 Å². The first-order valence-electron chi connectivity index (χ1n) is 6.34. The fourth-order valence-corrected chi connectivity index (χ4v) is 1.94. The number of phenolic OH excluding ortho intramolecular Hbond substituents is 1. The number of phenols is 1. The van der Waals surface area contributed by atoms with Gasteiger partial charge in [-0.25, -0.2) is 0 Å². The molecule has 2 aromatic carbocycles. The van der Waals surface area contributed by atoms with Crippen LogP contribution in [0.2, 0.25) is 0 Å². The minimum atomic E-state index is 0.143. The summed E-state index contributed by atoms with van der Waals surface area (Å²) in [4.78, 5) is 4.53. The zero-order valence-electron chi connectivity index (χ0n) is 11.6. The molecule has 0 saturated carbocycles. The van der Waals surface area contributed by atoms with Crippen LogP contribution < -0.4 is 10.5 Å². The van der Waals surface area contributed by atoms with E-state index in [0.717, 1.165) is 22.6 Å². The Labute approximate surface area is 118 Å². The Balaban J connectivity index is 2.14. The molecule has 0 spiro atoms. The maximum atomic E-state index is 9.56. The van der Waals surface area contributed by atoms with Gasteiger partial charge in [-0.05, 0) is 48.9 Å².